The zero-order chi connectivity index (χ0) is 18.9. The maximum atomic E-state index is 11.0. The van der Waals surface area contributed by atoms with E-state index >= 15 is 0 Å². The van der Waals surface area contributed by atoms with Crippen molar-refractivity contribution in [3.8, 4) is 23.3 Å². The first-order chi connectivity index (χ1) is 12.1. The predicted molar refractivity (Wildman–Crippen MR) is 103 cm³/mol. The molecule has 1 heterocycles. The van der Waals surface area contributed by atoms with E-state index in [-0.39, 0.29) is 17.0 Å². The quantitative estimate of drug-likeness (QED) is 0.420. The molecule has 3 heteroatoms. The Morgan fingerprint density at radius 1 is 1.00 bits per heavy atom. The van der Waals surface area contributed by atoms with Crippen LogP contribution in [0.1, 0.15) is 57.7 Å². The SMILES string of the molecule is CC(=O)Oc1ccc(C#Cc2ccc3c(c2)C(C)(C)CC(C)(C)O3)cc1. The van der Waals surface area contributed by atoms with E-state index in [1.54, 1.807) is 12.1 Å². The molecule has 0 fully saturated rings. The molecule has 0 radical (unpaired) electrons. The summed E-state index contributed by atoms with van der Waals surface area (Å²) < 4.78 is 11.2. The number of hydrogen-bond donors (Lipinski definition) is 0. The second kappa shape index (κ2) is 6.53. The lowest BCUT2D eigenvalue weighted by Crippen LogP contribution is -2.41. The van der Waals surface area contributed by atoms with Crippen molar-refractivity contribution in [2.75, 3.05) is 0 Å². The van der Waals surface area contributed by atoms with Crippen LogP contribution in [0.5, 0.6) is 11.5 Å². The minimum absolute atomic E-state index is 0.0421. The molecule has 1 aliphatic rings. The van der Waals surface area contributed by atoms with Crippen LogP contribution in [0.25, 0.3) is 0 Å². The monoisotopic (exact) mass is 348 g/mol. The second-order valence-electron chi connectivity index (χ2n) is 8.00. The third-order valence-corrected chi connectivity index (χ3v) is 4.43. The van der Waals surface area contributed by atoms with E-state index in [0.717, 1.165) is 23.3 Å². The Bertz CT molecular complexity index is 893. The van der Waals surface area contributed by atoms with Gasteiger partial charge < -0.3 is 9.47 Å². The van der Waals surface area contributed by atoms with E-state index < -0.39 is 0 Å². The summed E-state index contributed by atoms with van der Waals surface area (Å²) in [4.78, 5) is 11.0. The van der Waals surface area contributed by atoms with E-state index in [9.17, 15) is 4.79 Å². The molecule has 0 saturated heterocycles. The van der Waals surface area contributed by atoms with Gasteiger partial charge in [0.05, 0.1) is 0 Å². The summed E-state index contributed by atoms with van der Waals surface area (Å²) in [6.45, 7) is 10.1. The van der Waals surface area contributed by atoms with Crippen molar-refractivity contribution in [1.82, 2.24) is 0 Å². The van der Waals surface area contributed by atoms with Gasteiger partial charge in [-0.15, -0.1) is 0 Å². The van der Waals surface area contributed by atoms with Crippen molar-refractivity contribution in [1.29, 1.82) is 0 Å². The van der Waals surface area contributed by atoms with Crippen LogP contribution in [0.2, 0.25) is 0 Å². The van der Waals surface area contributed by atoms with Crippen LogP contribution < -0.4 is 9.47 Å². The van der Waals surface area contributed by atoms with Gasteiger partial charge in [-0.25, -0.2) is 0 Å². The van der Waals surface area contributed by atoms with E-state index in [4.69, 9.17) is 9.47 Å². The zero-order valence-electron chi connectivity index (χ0n) is 16.0. The number of rotatable bonds is 1. The number of ether oxygens (including phenoxy) is 2. The van der Waals surface area contributed by atoms with Crippen LogP contribution in [0.15, 0.2) is 42.5 Å². The summed E-state index contributed by atoms with van der Waals surface area (Å²) in [6, 6.07) is 13.3. The maximum absolute atomic E-state index is 11.0. The van der Waals surface area contributed by atoms with Gasteiger partial charge in [-0.3, -0.25) is 4.79 Å². The molecule has 134 valence electrons. The fourth-order valence-corrected chi connectivity index (χ4v) is 3.64. The van der Waals surface area contributed by atoms with E-state index in [0.29, 0.717) is 5.75 Å². The Morgan fingerprint density at radius 3 is 2.27 bits per heavy atom. The molecule has 2 aromatic carbocycles. The molecular weight excluding hydrogens is 324 g/mol. The van der Waals surface area contributed by atoms with Crippen LogP contribution in [-0.4, -0.2) is 11.6 Å². The topological polar surface area (TPSA) is 35.5 Å². The standard InChI is InChI=1S/C23H24O3/c1-16(24)25-19-11-8-17(9-12-19)6-7-18-10-13-21-20(14-18)22(2,3)15-23(4,5)26-21/h8-14H,15H2,1-5H3. The van der Waals surface area contributed by atoms with Gasteiger partial charge in [0.15, 0.2) is 0 Å². The number of carbonyl (C=O) groups is 1. The summed E-state index contributed by atoms with van der Waals surface area (Å²) in [6.07, 6.45) is 0.960. The average Bonchev–Trinajstić information content (AvgIpc) is 2.52. The fraction of sp³-hybridized carbons (Fsp3) is 0.348. The van der Waals surface area contributed by atoms with E-state index in [2.05, 4.69) is 45.6 Å². The third-order valence-electron chi connectivity index (χ3n) is 4.43. The van der Waals surface area contributed by atoms with Gasteiger partial charge in [-0.05, 0) is 68.1 Å². The number of carbonyl (C=O) groups excluding carboxylic acids is 1. The van der Waals surface area contributed by atoms with Crippen LogP contribution in [0, 0.1) is 11.8 Å². The van der Waals surface area contributed by atoms with Crippen LogP contribution in [-0.2, 0) is 10.2 Å². The summed E-state index contributed by atoms with van der Waals surface area (Å²) in [7, 11) is 0. The van der Waals surface area contributed by atoms with Crippen LogP contribution in [0.4, 0.5) is 0 Å². The Hall–Kier alpha value is -2.73. The summed E-state index contributed by atoms with van der Waals surface area (Å²) in [5, 5.41) is 0. The summed E-state index contributed by atoms with van der Waals surface area (Å²) in [5.41, 5.74) is 2.92. The highest BCUT2D eigenvalue weighted by molar-refractivity contribution is 5.69. The smallest absolute Gasteiger partial charge is 0.308 e. The molecule has 0 aliphatic carbocycles. The van der Waals surface area contributed by atoms with Crippen molar-refractivity contribution in [2.45, 2.75) is 52.1 Å². The lowest BCUT2D eigenvalue weighted by Gasteiger charge is -2.42. The Morgan fingerprint density at radius 2 is 1.62 bits per heavy atom. The lowest BCUT2D eigenvalue weighted by atomic mass is 9.73. The Kier molecular flexibility index (Phi) is 4.54. The number of fused-ring (bicyclic) bond motifs is 1. The van der Waals surface area contributed by atoms with Gasteiger partial charge in [0.25, 0.3) is 0 Å². The van der Waals surface area contributed by atoms with Gasteiger partial charge in [0.1, 0.15) is 17.1 Å². The lowest BCUT2D eigenvalue weighted by molar-refractivity contribution is -0.131. The van der Waals surface area contributed by atoms with Gasteiger partial charge in [-0.2, -0.15) is 0 Å². The fourth-order valence-electron chi connectivity index (χ4n) is 3.64. The largest absolute Gasteiger partial charge is 0.488 e. The van der Waals surface area contributed by atoms with E-state index in [1.165, 1.54) is 12.5 Å². The maximum Gasteiger partial charge on any atom is 0.308 e. The number of benzene rings is 2. The van der Waals surface area contributed by atoms with Crippen molar-refractivity contribution in [3.05, 3.63) is 59.2 Å². The predicted octanol–water partition coefficient (Wildman–Crippen LogP) is 4.85. The van der Waals surface area contributed by atoms with E-state index in [1.807, 2.05) is 24.3 Å². The minimum Gasteiger partial charge on any atom is -0.488 e. The first-order valence-electron chi connectivity index (χ1n) is 8.79. The van der Waals surface area contributed by atoms with Crippen LogP contribution in [0.3, 0.4) is 0 Å². The van der Waals surface area contributed by atoms with Gasteiger partial charge in [0, 0.05) is 23.6 Å². The Balaban J connectivity index is 1.85. The van der Waals surface area contributed by atoms with Gasteiger partial charge in [0.2, 0.25) is 0 Å². The molecule has 26 heavy (non-hydrogen) atoms. The normalized spacial score (nSPS) is 16.5. The third kappa shape index (κ3) is 4.08. The second-order valence-corrected chi connectivity index (χ2v) is 8.00. The molecule has 2 aromatic rings. The molecule has 1 aliphatic heterocycles. The van der Waals surface area contributed by atoms with Gasteiger partial charge >= 0.3 is 5.97 Å². The molecular formula is C23H24O3. The Labute approximate surface area is 155 Å². The molecule has 0 saturated carbocycles. The first kappa shape index (κ1) is 18.1. The first-order valence-corrected chi connectivity index (χ1v) is 8.79. The molecule has 0 atom stereocenters. The molecule has 0 N–H and O–H groups in total. The summed E-state index contributed by atoms with van der Waals surface area (Å²) >= 11 is 0. The molecule has 3 rings (SSSR count). The molecule has 0 bridgehead atoms. The van der Waals surface area contributed by atoms with Crippen molar-refractivity contribution in [3.63, 3.8) is 0 Å². The highest BCUT2D eigenvalue weighted by Crippen LogP contribution is 2.44. The van der Waals surface area contributed by atoms with Crippen molar-refractivity contribution < 1.29 is 14.3 Å². The molecule has 0 spiro atoms. The molecule has 3 nitrogen and oxygen atoms in total. The summed E-state index contributed by atoms with van der Waals surface area (Å²) in [5.74, 6) is 7.52. The molecule has 0 amide bonds. The number of hydrogen-bond acceptors (Lipinski definition) is 3. The molecule has 0 unspecified atom stereocenters. The zero-order valence-corrected chi connectivity index (χ0v) is 16.0. The van der Waals surface area contributed by atoms with Crippen molar-refractivity contribution >= 4 is 5.97 Å². The van der Waals surface area contributed by atoms with Crippen LogP contribution >= 0.6 is 0 Å². The van der Waals surface area contributed by atoms with Crippen molar-refractivity contribution in [2.24, 2.45) is 0 Å². The van der Waals surface area contributed by atoms with Gasteiger partial charge in [-0.1, -0.05) is 25.7 Å². The average molecular weight is 348 g/mol. The highest BCUT2D eigenvalue weighted by atomic mass is 16.5. The minimum atomic E-state index is -0.328. The number of esters is 1. The highest BCUT2D eigenvalue weighted by Gasteiger charge is 2.38. The molecule has 0 aromatic heterocycles.